The SMILES string of the molecule is Oc1cc2c(cc1O)C(O)C1OCC(O)C1c1cc(O)c(O)cc1-2. The van der Waals surface area contributed by atoms with Crippen molar-refractivity contribution in [1.82, 2.24) is 0 Å². The van der Waals surface area contributed by atoms with Crippen LogP contribution in [0.4, 0.5) is 0 Å². The molecule has 1 aliphatic carbocycles. The van der Waals surface area contributed by atoms with Crippen LogP contribution in [0.25, 0.3) is 11.1 Å². The first-order valence-corrected chi connectivity index (χ1v) is 7.48. The van der Waals surface area contributed by atoms with Crippen molar-refractivity contribution in [2.45, 2.75) is 24.2 Å². The van der Waals surface area contributed by atoms with Crippen molar-refractivity contribution in [3.05, 3.63) is 35.4 Å². The average Bonchev–Trinajstić information content (AvgIpc) is 2.89. The summed E-state index contributed by atoms with van der Waals surface area (Å²) >= 11 is 0. The highest BCUT2D eigenvalue weighted by Gasteiger charge is 2.46. The molecule has 0 radical (unpaired) electrons. The average molecular weight is 332 g/mol. The van der Waals surface area contributed by atoms with Crippen molar-refractivity contribution in [3.63, 3.8) is 0 Å². The summed E-state index contributed by atoms with van der Waals surface area (Å²) in [5, 5.41) is 60.3. The summed E-state index contributed by atoms with van der Waals surface area (Å²) in [6, 6.07) is 5.14. The first-order chi connectivity index (χ1) is 11.4. The molecule has 2 aliphatic rings. The molecular weight excluding hydrogens is 316 g/mol. The fourth-order valence-corrected chi connectivity index (χ4v) is 3.66. The van der Waals surface area contributed by atoms with E-state index in [1.165, 1.54) is 24.3 Å². The van der Waals surface area contributed by atoms with Crippen LogP contribution in [-0.4, -0.2) is 49.5 Å². The molecule has 24 heavy (non-hydrogen) atoms. The molecule has 1 heterocycles. The normalized spacial score (nSPS) is 27.9. The first-order valence-electron chi connectivity index (χ1n) is 7.48. The second-order valence-electron chi connectivity index (χ2n) is 6.19. The van der Waals surface area contributed by atoms with Crippen molar-refractivity contribution in [2.75, 3.05) is 6.61 Å². The highest BCUT2D eigenvalue weighted by Crippen LogP contribution is 2.51. The Hall–Kier alpha value is -2.48. The molecule has 7 nitrogen and oxygen atoms in total. The van der Waals surface area contributed by atoms with Gasteiger partial charge in [-0.05, 0) is 46.5 Å². The number of hydrogen-bond acceptors (Lipinski definition) is 7. The number of benzene rings is 2. The lowest BCUT2D eigenvalue weighted by Crippen LogP contribution is -2.26. The predicted molar refractivity (Wildman–Crippen MR) is 82.0 cm³/mol. The highest BCUT2D eigenvalue weighted by molar-refractivity contribution is 5.78. The molecule has 0 saturated carbocycles. The number of hydrogen-bond donors (Lipinski definition) is 6. The summed E-state index contributed by atoms with van der Waals surface area (Å²) in [6.45, 7) is 0.0207. The zero-order valence-electron chi connectivity index (χ0n) is 12.4. The largest absolute Gasteiger partial charge is 0.504 e. The molecular formula is C17H16O7. The number of aliphatic hydroxyl groups excluding tert-OH is 2. The number of aliphatic hydroxyl groups is 2. The number of phenolic OH excluding ortho intramolecular Hbond substituents is 4. The molecule has 7 heteroatoms. The minimum absolute atomic E-state index is 0.0207. The number of rotatable bonds is 0. The van der Waals surface area contributed by atoms with Gasteiger partial charge in [0.1, 0.15) is 6.10 Å². The summed E-state index contributed by atoms with van der Waals surface area (Å²) in [5.74, 6) is -2.12. The van der Waals surface area contributed by atoms with Gasteiger partial charge >= 0.3 is 0 Å². The fourth-order valence-electron chi connectivity index (χ4n) is 3.66. The Kier molecular flexibility index (Phi) is 3.14. The number of phenols is 4. The lowest BCUT2D eigenvalue weighted by molar-refractivity contribution is -0.00903. The molecule has 0 aromatic heterocycles. The van der Waals surface area contributed by atoms with Gasteiger partial charge in [0.15, 0.2) is 23.0 Å². The van der Waals surface area contributed by atoms with E-state index in [1.807, 2.05) is 0 Å². The molecule has 2 aromatic carbocycles. The lowest BCUT2D eigenvalue weighted by Gasteiger charge is -2.23. The zero-order chi connectivity index (χ0) is 17.2. The van der Waals surface area contributed by atoms with Gasteiger partial charge in [-0.3, -0.25) is 0 Å². The maximum Gasteiger partial charge on any atom is 0.158 e. The van der Waals surface area contributed by atoms with Gasteiger partial charge < -0.3 is 35.4 Å². The Bertz CT molecular complexity index is 832. The quantitative estimate of drug-likeness (QED) is 0.398. The summed E-state index contributed by atoms with van der Waals surface area (Å²) in [7, 11) is 0. The van der Waals surface area contributed by atoms with Crippen molar-refractivity contribution >= 4 is 0 Å². The van der Waals surface area contributed by atoms with E-state index in [9.17, 15) is 30.6 Å². The van der Waals surface area contributed by atoms with Crippen LogP contribution in [0.5, 0.6) is 23.0 Å². The van der Waals surface area contributed by atoms with Crippen LogP contribution >= 0.6 is 0 Å². The summed E-state index contributed by atoms with van der Waals surface area (Å²) < 4.78 is 5.53. The van der Waals surface area contributed by atoms with Gasteiger partial charge in [0.2, 0.25) is 0 Å². The van der Waals surface area contributed by atoms with E-state index in [-0.39, 0.29) is 23.9 Å². The van der Waals surface area contributed by atoms with E-state index in [4.69, 9.17) is 4.74 Å². The van der Waals surface area contributed by atoms with E-state index in [0.717, 1.165) is 0 Å². The Morgan fingerprint density at radius 3 is 1.88 bits per heavy atom. The minimum Gasteiger partial charge on any atom is -0.504 e. The molecule has 1 saturated heterocycles. The van der Waals surface area contributed by atoms with Crippen LogP contribution in [0, 0.1) is 0 Å². The van der Waals surface area contributed by atoms with Gasteiger partial charge in [-0.15, -0.1) is 0 Å². The van der Waals surface area contributed by atoms with Gasteiger partial charge in [0, 0.05) is 5.92 Å². The van der Waals surface area contributed by atoms with E-state index in [0.29, 0.717) is 22.3 Å². The van der Waals surface area contributed by atoms with Crippen LogP contribution in [0.3, 0.4) is 0 Å². The summed E-state index contributed by atoms with van der Waals surface area (Å²) in [6.07, 6.45) is -2.85. The van der Waals surface area contributed by atoms with Crippen LogP contribution in [0.2, 0.25) is 0 Å². The standard InChI is InChI=1S/C17H16O7/c18-10-1-6-7-2-11(19)13(21)4-9(7)16(23)17-15(14(22)5-24-17)8(6)3-12(10)20/h1-4,14-23H,5H2. The minimum atomic E-state index is -1.16. The van der Waals surface area contributed by atoms with Crippen molar-refractivity contribution in [2.24, 2.45) is 0 Å². The predicted octanol–water partition coefficient (Wildman–Crippen LogP) is 1.07. The van der Waals surface area contributed by atoms with Crippen molar-refractivity contribution < 1.29 is 35.4 Å². The monoisotopic (exact) mass is 332 g/mol. The molecule has 1 aliphatic heterocycles. The fraction of sp³-hybridized carbons (Fsp3) is 0.294. The van der Waals surface area contributed by atoms with Crippen LogP contribution in [0.15, 0.2) is 24.3 Å². The molecule has 0 spiro atoms. The van der Waals surface area contributed by atoms with Gasteiger partial charge in [0.25, 0.3) is 0 Å². The molecule has 4 unspecified atom stereocenters. The summed E-state index contributed by atoms with van der Waals surface area (Å²) in [5.41, 5.74) is 1.61. The molecule has 2 aromatic rings. The van der Waals surface area contributed by atoms with Crippen molar-refractivity contribution in [3.8, 4) is 34.1 Å². The van der Waals surface area contributed by atoms with E-state index >= 15 is 0 Å². The second-order valence-corrected chi connectivity index (χ2v) is 6.19. The number of aromatic hydroxyl groups is 4. The van der Waals surface area contributed by atoms with E-state index in [1.54, 1.807) is 0 Å². The molecule has 6 N–H and O–H groups in total. The van der Waals surface area contributed by atoms with Crippen molar-refractivity contribution in [1.29, 1.82) is 0 Å². The van der Waals surface area contributed by atoms with E-state index in [2.05, 4.69) is 0 Å². The third-order valence-corrected chi connectivity index (χ3v) is 4.80. The Morgan fingerprint density at radius 2 is 1.25 bits per heavy atom. The maximum absolute atomic E-state index is 10.7. The third-order valence-electron chi connectivity index (χ3n) is 4.80. The highest BCUT2D eigenvalue weighted by atomic mass is 16.5. The van der Waals surface area contributed by atoms with Gasteiger partial charge in [-0.1, -0.05) is 0 Å². The zero-order valence-corrected chi connectivity index (χ0v) is 12.4. The van der Waals surface area contributed by atoms with E-state index < -0.39 is 30.0 Å². The molecule has 1 fully saturated rings. The molecule has 0 amide bonds. The van der Waals surface area contributed by atoms with Gasteiger partial charge in [0.05, 0.1) is 18.8 Å². The van der Waals surface area contributed by atoms with Crippen LogP contribution < -0.4 is 0 Å². The van der Waals surface area contributed by atoms with Gasteiger partial charge in [-0.2, -0.15) is 0 Å². The number of ether oxygens (including phenoxy) is 1. The Morgan fingerprint density at radius 1 is 0.750 bits per heavy atom. The second kappa shape index (κ2) is 5.01. The Balaban J connectivity index is 2.07. The smallest absolute Gasteiger partial charge is 0.158 e. The Labute approximate surface area is 136 Å². The molecule has 0 bridgehead atoms. The molecule has 126 valence electrons. The third kappa shape index (κ3) is 1.96. The maximum atomic E-state index is 10.7. The first kappa shape index (κ1) is 15.1. The molecule has 4 atom stereocenters. The topological polar surface area (TPSA) is 131 Å². The lowest BCUT2D eigenvalue weighted by atomic mass is 9.86. The molecule has 4 rings (SSSR count). The number of fused-ring (bicyclic) bond motifs is 5. The van der Waals surface area contributed by atoms with Gasteiger partial charge in [-0.25, -0.2) is 0 Å². The summed E-state index contributed by atoms with van der Waals surface area (Å²) in [4.78, 5) is 0. The van der Waals surface area contributed by atoms with Crippen LogP contribution in [-0.2, 0) is 4.74 Å². The van der Waals surface area contributed by atoms with Crippen LogP contribution in [0.1, 0.15) is 23.1 Å².